The Morgan fingerprint density at radius 3 is 2.58 bits per heavy atom. The van der Waals surface area contributed by atoms with E-state index in [0.29, 0.717) is 0 Å². The fraction of sp³-hybridized carbons (Fsp3) is 0. The van der Waals surface area contributed by atoms with Crippen LogP contribution in [-0.2, 0) is 0 Å². The van der Waals surface area contributed by atoms with Crippen molar-refractivity contribution in [2.24, 2.45) is 16.5 Å². The second kappa shape index (κ2) is 4.89. The Bertz CT molecular complexity index is 661. The Labute approximate surface area is 106 Å². The van der Waals surface area contributed by atoms with Gasteiger partial charge in [0, 0.05) is 0 Å². The Morgan fingerprint density at radius 1 is 1.16 bits per heavy atom. The summed E-state index contributed by atoms with van der Waals surface area (Å²) < 4.78 is 31.6. The van der Waals surface area contributed by atoms with Crippen molar-refractivity contribution in [3.8, 4) is 11.3 Å². The average molecular weight is 265 g/mol. The second-order valence-electron chi connectivity index (χ2n) is 3.63. The molecule has 1 aromatic carbocycles. The summed E-state index contributed by atoms with van der Waals surface area (Å²) in [7, 11) is 0. The number of nitrogens with two attached hydrogens (primary N) is 2. The molecular formula is C12H9F2N3O2. The van der Waals surface area contributed by atoms with E-state index in [1.54, 1.807) is 0 Å². The van der Waals surface area contributed by atoms with Crippen molar-refractivity contribution in [3.63, 3.8) is 0 Å². The third-order valence-electron chi connectivity index (χ3n) is 2.24. The summed E-state index contributed by atoms with van der Waals surface area (Å²) in [5, 5.41) is 0. The SMILES string of the molecule is NC(N)=NC(=O)c1ccc(-c2cc(F)ccc2F)o1. The van der Waals surface area contributed by atoms with Crippen molar-refractivity contribution in [1.29, 1.82) is 0 Å². The molecule has 98 valence electrons. The molecule has 0 bridgehead atoms. The molecule has 2 aromatic rings. The third kappa shape index (κ3) is 2.76. The number of amides is 1. The van der Waals surface area contributed by atoms with Crippen LogP contribution in [0.5, 0.6) is 0 Å². The van der Waals surface area contributed by atoms with Crippen LogP contribution in [0.3, 0.4) is 0 Å². The van der Waals surface area contributed by atoms with E-state index in [4.69, 9.17) is 15.9 Å². The number of rotatable bonds is 2. The number of benzene rings is 1. The van der Waals surface area contributed by atoms with E-state index in [9.17, 15) is 13.6 Å². The predicted molar refractivity (Wildman–Crippen MR) is 64.2 cm³/mol. The van der Waals surface area contributed by atoms with Gasteiger partial charge in [-0.3, -0.25) is 4.79 Å². The van der Waals surface area contributed by atoms with Crippen molar-refractivity contribution in [3.05, 3.63) is 47.7 Å². The highest BCUT2D eigenvalue weighted by Gasteiger charge is 2.14. The zero-order valence-corrected chi connectivity index (χ0v) is 9.56. The van der Waals surface area contributed by atoms with Crippen LogP contribution in [-0.4, -0.2) is 11.9 Å². The lowest BCUT2D eigenvalue weighted by Crippen LogP contribution is -2.24. The zero-order valence-electron chi connectivity index (χ0n) is 9.56. The minimum atomic E-state index is -0.803. The molecule has 1 heterocycles. The second-order valence-corrected chi connectivity index (χ2v) is 3.63. The van der Waals surface area contributed by atoms with E-state index >= 15 is 0 Å². The van der Waals surface area contributed by atoms with E-state index in [1.807, 2.05) is 0 Å². The van der Waals surface area contributed by atoms with Crippen LogP contribution >= 0.6 is 0 Å². The first-order valence-electron chi connectivity index (χ1n) is 5.16. The number of carbonyl (C=O) groups is 1. The number of furan rings is 1. The smallest absolute Gasteiger partial charge is 0.315 e. The maximum Gasteiger partial charge on any atom is 0.315 e. The van der Waals surface area contributed by atoms with E-state index in [-0.39, 0.29) is 17.1 Å². The highest BCUT2D eigenvalue weighted by atomic mass is 19.1. The van der Waals surface area contributed by atoms with Gasteiger partial charge in [-0.15, -0.1) is 0 Å². The fourth-order valence-corrected chi connectivity index (χ4v) is 1.46. The molecule has 7 heteroatoms. The highest BCUT2D eigenvalue weighted by molar-refractivity contribution is 6.00. The van der Waals surface area contributed by atoms with Gasteiger partial charge in [0.25, 0.3) is 0 Å². The highest BCUT2D eigenvalue weighted by Crippen LogP contribution is 2.26. The molecule has 0 fully saturated rings. The van der Waals surface area contributed by atoms with Gasteiger partial charge in [-0.05, 0) is 30.3 Å². The maximum absolute atomic E-state index is 13.5. The molecule has 4 N–H and O–H groups in total. The number of guanidine groups is 1. The largest absolute Gasteiger partial charge is 0.451 e. The summed E-state index contributed by atoms with van der Waals surface area (Å²) in [6.07, 6.45) is 0. The minimum absolute atomic E-state index is 0.00569. The summed E-state index contributed by atoms with van der Waals surface area (Å²) >= 11 is 0. The molecule has 1 aromatic heterocycles. The van der Waals surface area contributed by atoms with Crippen LogP contribution in [0, 0.1) is 11.6 Å². The van der Waals surface area contributed by atoms with Gasteiger partial charge in [-0.25, -0.2) is 8.78 Å². The van der Waals surface area contributed by atoms with E-state index in [1.165, 1.54) is 12.1 Å². The molecule has 5 nitrogen and oxygen atoms in total. The van der Waals surface area contributed by atoms with Crippen LogP contribution < -0.4 is 11.5 Å². The molecule has 0 aliphatic carbocycles. The molecule has 0 radical (unpaired) electrons. The summed E-state index contributed by atoms with van der Waals surface area (Å²) in [6, 6.07) is 5.50. The molecule has 0 saturated carbocycles. The summed E-state index contributed by atoms with van der Waals surface area (Å²) in [5.41, 5.74) is 10.0. The monoisotopic (exact) mass is 265 g/mol. The van der Waals surface area contributed by atoms with Gasteiger partial charge in [0.15, 0.2) is 11.7 Å². The Morgan fingerprint density at radius 2 is 1.89 bits per heavy atom. The summed E-state index contributed by atoms with van der Waals surface area (Å²) in [4.78, 5) is 14.7. The molecular weight excluding hydrogens is 256 g/mol. The normalized spacial score (nSPS) is 10.2. The maximum atomic E-state index is 13.5. The van der Waals surface area contributed by atoms with Crippen molar-refractivity contribution >= 4 is 11.9 Å². The Kier molecular flexibility index (Phi) is 3.28. The zero-order chi connectivity index (χ0) is 14.0. The lowest BCUT2D eigenvalue weighted by molar-refractivity contribution is 0.0977. The fourth-order valence-electron chi connectivity index (χ4n) is 1.46. The van der Waals surface area contributed by atoms with E-state index < -0.39 is 23.5 Å². The summed E-state index contributed by atoms with van der Waals surface area (Å²) in [5.74, 6) is -2.68. The topological polar surface area (TPSA) is 94.6 Å². The van der Waals surface area contributed by atoms with E-state index in [0.717, 1.165) is 18.2 Å². The van der Waals surface area contributed by atoms with Crippen LogP contribution in [0.4, 0.5) is 8.78 Å². The minimum Gasteiger partial charge on any atom is -0.451 e. The molecule has 1 amide bonds. The van der Waals surface area contributed by atoms with Crippen molar-refractivity contribution in [1.82, 2.24) is 0 Å². The van der Waals surface area contributed by atoms with Gasteiger partial charge in [-0.2, -0.15) is 4.99 Å². The summed E-state index contributed by atoms with van der Waals surface area (Å²) in [6.45, 7) is 0. The molecule has 0 unspecified atom stereocenters. The average Bonchev–Trinajstić information content (AvgIpc) is 2.80. The van der Waals surface area contributed by atoms with E-state index in [2.05, 4.69) is 4.99 Å². The quantitative estimate of drug-likeness (QED) is 0.637. The first kappa shape index (κ1) is 12.7. The van der Waals surface area contributed by atoms with Crippen LogP contribution in [0.2, 0.25) is 0 Å². The molecule has 0 atom stereocenters. The lowest BCUT2D eigenvalue weighted by atomic mass is 10.1. The van der Waals surface area contributed by atoms with Crippen molar-refractivity contribution in [2.45, 2.75) is 0 Å². The van der Waals surface area contributed by atoms with Crippen molar-refractivity contribution < 1.29 is 18.0 Å². The first-order chi connectivity index (χ1) is 8.97. The predicted octanol–water partition coefficient (Wildman–Crippen LogP) is 1.64. The third-order valence-corrected chi connectivity index (χ3v) is 2.24. The number of carbonyl (C=O) groups excluding carboxylic acids is 1. The van der Waals surface area contributed by atoms with Crippen LogP contribution in [0.25, 0.3) is 11.3 Å². The van der Waals surface area contributed by atoms with Gasteiger partial charge < -0.3 is 15.9 Å². The van der Waals surface area contributed by atoms with Gasteiger partial charge in [0.2, 0.25) is 0 Å². The van der Waals surface area contributed by atoms with Gasteiger partial charge in [-0.1, -0.05) is 0 Å². The van der Waals surface area contributed by atoms with Gasteiger partial charge >= 0.3 is 5.91 Å². The number of aliphatic imine (C=N–C) groups is 1. The number of hydrogen-bond acceptors (Lipinski definition) is 2. The van der Waals surface area contributed by atoms with Crippen LogP contribution in [0.15, 0.2) is 39.7 Å². The molecule has 19 heavy (non-hydrogen) atoms. The molecule has 0 aliphatic heterocycles. The van der Waals surface area contributed by atoms with Crippen molar-refractivity contribution in [2.75, 3.05) is 0 Å². The Balaban J connectivity index is 2.38. The first-order valence-corrected chi connectivity index (χ1v) is 5.16. The molecule has 0 spiro atoms. The molecule has 0 saturated heterocycles. The molecule has 2 rings (SSSR count). The van der Waals surface area contributed by atoms with Gasteiger partial charge in [0.1, 0.15) is 17.4 Å². The molecule has 0 aliphatic rings. The number of nitrogens with zero attached hydrogens (tertiary/aromatic N) is 1. The Hall–Kier alpha value is -2.70. The van der Waals surface area contributed by atoms with Crippen LogP contribution in [0.1, 0.15) is 10.6 Å². The van der Waals surface area contributed by atoms with Gasteiger partial charge in [0.05, 0.1) is 5.56 Å². The number of halogens is 2. The number of hydrogen-bond donors (Lipinski definition) is 2. The standard InChI is InChI=1S/C12H9F2N3O2/c13-6-1-2-8(14)7(5-6)9-3-4-10(19-9)11(18)17-12(15)16/h1-5H,(H4,15,16,17,18). The lowest BCUT2D eigenvalue weighted by Gasteiger charge is -1.99.